The van der Waals surface area contributed by atoms with Gasteiger partial charge in [0.15, 0.2) is 0 Å². The molecule has 1 N–H and O–H groups in total. The van der Waals surface area contributed by atoms with Crippen molar-refractivity contribution in [1.29, 1.82) is 0 Å². The van der Waals surface area contributed by atoms with Crippen molar-refractivity contribution < 1.29 is 13.2 Å². The Hall–Kier alpha value is -0.210. The second-order valence-corrected chi connectivity index (χ2v) is 6.21. The summed E-state index contributed by atoms with van der Waals surface area (Å²) >= 11 is 0. The topological polar surface area (TPSA) is 61.9 Å². The van der Waals surface area contributed by atoms with Crippen molar-refractivity contribution in [1.82, 2.24) is 13.9 Å². The number of rotatable bonds is 6. The van der Waals surface area contributed by atoms with E-state index in [1.807, 2.05) is 0 Å². The predicted molar refractivity (Wildman–Crippen MR) is 67.1 cm³/mol. The number of ether oxygens (including phenoxy) is 1. The molecule has 1 fully saturated rings. The molecular weight excluding hydrogens is 242 g/mol. The summed E-state index contributed by atoms with van der Waals surface area (Å²) in [6.45, 7) is 3.85. The third kappa shape index (κ3) is 4.51. The van der Waals surface area contributed by atoms with Crippen LogP contribution in [0.2, 0.25) is 0 Å². The van der Waals surface area contributed by atoms with Gasteiger partial charge in [0, 0.05) is 46.9 Å². The lowest BCUT2D eigenvalue weighted by atomic mass is 10.4. The van der Waals surface area contributed by atoms with E-state index in [1.165, 1.54) is 4.31 Å². The van der Waals surface area contributed by atoms with E-state index in [2.05, 4.69) is 5.32 Å². The summed E-state index contributed by atoms with van der Waals surface area (Å²) in [7, 11) is -0.0464. The molecule has 1 saturated heterocycles. The third-order valence-corrected chi connectivity index (χ3v) is 4.83. The minimum Gasteiger partial charge on any atom is -0.385 e. The third-order valence-electron chi connectivity index (χ3n) is 2.84. The largest absolute Gasteiger partial charge is 0.385 e. The first-order valence-electron chi connectivity index (χ1n) is 6.00. The summed E-state index contributed by atoms with van der Waals surface area (Å²) in [5, 5.41) is 3.20. The highest BCUT2D eigenvalue weighted by atomic mass is 32.2. The standard InChI is InChI=1S/C10H23N3O3S/c1-12(7-4-10-16-2)17(14,15)13-8-3-5-11-6-9-13/h11H,3-10H2,1-2H3. The van der Waals surface area contributed by atoms with Crippen molar-refractivity contribution in [2.75, 3.05) is 53.5 Å². The maximum Gasteiger partial charge on any atom is 0.281 e. The fourth-order valence-electron chi connectivity index (χ4n) is 1.80. The molecule has 0 saturated carbocycles. The van der Waals surface area contributed by atoms with Gasteiger partial charge in [0.1, 0.15) is 0 Å². The highest BCUT2D eigenvalue weighted by Crippen LogP contribution is 2.08. The molecule has 0 radical (unpaired) electrons. The zero-order valence-corrected chi connectivity index (χ0v) is 11.5. The van der Waals surface area contributed by atoms with Crippen LogP contribution in [0.4, 0.5) is 0 Å². The molecule has 1 heterocycles. The zero-order chi connectivity index (χ0) is 12.7. The van der Waals surface area contributed by atoms with E-state index in [0.29, 0.717) is 26.2 Å². The second kappa shape index (κ2) is 7.27. The first-order valence-corrected chi connectivity index (χ1v) is 7.40. The Morgan fingerprint density at radius 1 is 1.35 bits per heavy atom. The Kier molecular flexibility index (Phi) is 6.35. The summed E-state index contributed by atoms with van der Waals surface area (Å²) < 4.78 is 32.3. The molecule has 0 aromatic rings. The predicted octanol–water partition coefficient (Wildman–Crippen LogP) is -0.505. The van der Waals surface area contributed by atoms with Crippen LogP contribution in [0, 0.1) is 0 Å². The minimum atomic E-state index is -3.29. The molecule has 7 heteroatoms. The van der Waals surface area contributed by atoms with Crippen LogP contribution in [0.25, 0.3) is 0 Å². The molecule has 0 bridgehead atoms. The normalized spacial score (nSPS) is 19.5. The van der Waals surface area contributed by atoms with Crippen LogP contribution >= 0.6 is 0 Å². The molecule has 102 valence electrons. The molecule has 0 spiro atoms. The van der Waals surface area contributed by atoms with Gasteiger partial charge >= 0.3 is 0 Å². The van der Waals surface area contributed by atoms with E-state index in [-0.39, 0.29) is 0 Å². The van der Waals surface area contributed by atoms with E-state index in [1.54, 1.807) is 18.5 Å². The van der Waals surface area contributed by atoms with Crippen molar-refractivity contribution in [2.24, 2.45) is 0 Å². The van der Waals surface area contributed by atoms with E-state index < -0.39 is 10.2 Å². The number of nitrogens with one attached hydrogen (secondary N) is 1. The molecule has 1 aliphatic rings. The fourth-order valence-corrected chi connectivity index (χ4v) is 3.23. The van der Waals surface area contributed by atoms with Gasteiger partial charge in [-0.2, -0.15) is 17.0 Å². The van der Waals surface area contributed by atoms with E-state index >= 15 is 0 Å². The fraction of sp³-hybridized carbons (Fsp3) is 1.00. The number of hydrogen-bond acceptors (Lipinski definition) is 4. The number of methoxy groups -OCH3 is 1. The molecule has 17 heavy (non-hydrogen) atoms. The van der Waals surface area contributed by atoms with E-state index in [4.69, 9.17) is 4.74 Å². The molecular formula is C10H23N3O3S. The molecule has 0 amide bonds. The first-order chi connectivity index (χ1) is 8.09. The van der Waals surface area contributed by atoms with Crippen molar-refractivity contribution in [3.05, 3.63) is 0 Å². The molecule has 0 aliphatic carbocycles. The van der Waals surface area contributed by atoms with Crippen LogP contribution in [-0.2, 0) is 14.9 Å². The van der Waals surface area contributed by atoms with Crippen LogP contribution in [-0.4, -0.2) is 70.5 Å². The van der Waals surface area contributed by atoms with Crippen LogP contribution < -0.4 is 5.32 Å². The summed E-state index contributed by atoms with van der Waals surface area (Å²) in [4.78, 5) is 0. The molecule has 1 aliphatic heterocycles. The van der Waals surface area contributed by atoms with Crippen LogP contribution in [0.5, 0.6) is 0 Å². The monoisotopic (exact) mass is 265 g/mol. The van der Waals surface area contributed by atoms with Crippen LogP contribution in [0.15, 0.2) is 0 Å². The van der Waals surface area contributed by atoms with Gasteiger partial charge in [-0.1, -0.05) is 0 Å². The summed E-state index contributed by atoms with van der Waals surface area (Å²) in [5.41, 5.74) is 0. The Balaban J connectivity index is 2.52. The van der Waals surface area contributed by atoms with Gasteiger partial charge < -0.3 is 10.1 Å². The average molecular weight is 265 g/mol. The van der Waals surface area contributed by atoms with Gasteiger partial charge in [-0.3, -0.25) is 0 Å². The lowest BCUT2D eigenvalue weighted by Gasteiger charge is -2.26. The first kappa shape index (κ1) is 14.8. The quantitative estimate of drug-likeness (QED) is 0.657. The smallest absolute Gasteiger partial charge is 0.281 e. The molecule has 0 aromatic heterocycles. The summed E-state index contributed by atoms with van der Waals surface area (Å²) in [6, 6.07) is 0. The Morgan fingerprint density at radius 2 is 2.12 bits per heavy atom. The zero-order valence-electron chi connectivity index (χ0n) is 10.7. The maximum absolute atomic E-state index is 12.2. The Labute approximate surface area is 104 Å². The second-order valence-electron chi connectivity index (χ2n) is 4.18. The average Bonchev–Trinajstić information content (AvgIpc) is 2.58. The summed E-state index contributed by atoms with van der Waals surface area (Å²) in [6.07, 6.45) is 1.59. The highest BCUT2D eigenvalue weighted by molar-refractivity contribution is 7.86. The van der Waals surface area contributed by atoms with Crippen LogP contribution in [0.1, 0.15) is 12.8 Å². The van der Waals surface area contributed by atoms with Gasteiger partial charge in [-0.05, 0) is 19.4 Å². The van der Waals surface area contributed by atoms with Gasteiger partial charge in [0.2, 0.25) is 0 Å². The Bertz CT molecular complexity index is 300. The molecule has 0 aromatic carbocycles. The molecule has 0 atom stereocenters. The van der Waals surface area contributed by atoms with Crippen molar-refractivity contribution in [3.8, 4) is 0 Å². The maximum atomic E-state index is 12.2. The molecule has 0 unspecified atom stereocenters. The highest BCUT2D eigenvalue weighted by Gasteiger charge is 2.26. The van der Waals surface area contributed by atoms with Gasteiger partial charge in [0.05, 0.1) is 0 Å². The van der Waals surface area contributed by atoms with Crippen LogP contribution in [0.3, 0.4) is 0 Å². The summed E-state index contributed by atoms with van der Waals surface area (Å²) in [5.74, 6) is 0. The van der Waals surface area contributed by atoms with Crippen molar-refractivity contribution in [3.63, 3.8) is 0 Å². The van der Waals surface area contributed by atoms with Crippen molar-refractivity contribution >= 4 is 10.2 Å². The molecule has 6 nitrogen and oxygen atoms in total. The van der Waals surface area contributed by atoms with Gasteiger partial charge in [-0.15, -0.1) is 0 Å². The van der Waals surface area contributed by atoms with Crippen molar-refractivity contribution in [2.45, 2.75) is 12.8 Å². The van der Waals surface area contributed by atoms with E-state index in [9.17, 15) is 8.42 Å². The number of hydrogen-bond donors (Lipinski definition) is 1. The Morgan fingerprint density at radius 3 is 2.82 bits per heavy atom. The SMILES string of the molecule is COCCCN(C)S(=O)(=O)N1CCCNCC1. The number of nitrogens with zero attached hydrogens (tertiary/aromatic N) is 2. The van der Waals surface area contributed by atoms with E-state index in [0.717, 1.165) is 25.9 Å². The molecule has 1 rings (SSSR count). The van der Waals surface area contributed by atoms with Gasteiger partial charge in [0.25, 0.3) is 10.2 Å². The van der Waals surface area contributed by atoms with Gasteiger partial charge in [-0.25, -0.2) is 0 Å². The minimum absolute atomic E-state index is 0.500. The lowest BCUT2D eigenvalue weighted by molar-refractivity contribution is 0.188. The lowest BCUT2D eigenvalue weighted by Crippen LogP contribution is -2.43.